The molecule has 126 valence electrons. The van der Waals surface area contributed by atoms with Crippen LogP contribution in [-0.2, 0) is 0 Å². The van der Waals surface area contributed by atoms with E-state index in [1.807, 2.05) is 6.92 Å². The van der Waals surface area contributed by atoms with E-state index < -0.39 is 12.8 Å². The van der Waals surface area contributed by atoms with Gasteiger partial charge >= 0.3 is 6.43 Å². The molecule has 23 heavy (non-hydrogen) atoms. The van der Waals surface area contributed by atoms with Crippen molar-refractivity contribution in [3.8, 4) is 11.5 Å². The van der Waals surface area contributed by atoms with Gasteiger partial charge < -0.3 is 9.47 Å². The number of alkyl halides is 3. The summed E-state index contributed by atoms with van der Waals surface area (Å²) in [6, 6.07) is 4.39. The Kier molecular flexibility index (Phi) is 5.75. The minimum atomic E-state index is -3.25. The van der Waals surface area contributed by atoms with Crippen molar-refractivity contribution in [1.82, 2.24) is 5.43 Å². The van der Waals surface area contributed by atoms with E-state index in [1.54, 1.807) is 6.07 Å². The van der Waals surface area contributed by atoms with E-state index in [4.69, 9.17) is 4.74 Å². The van der Waals surface area contributed by atoms with E-state index in [1.165, 1.54) is 19.2 Å². The van der Waals surface area contributed by atoms with Crippen LogP contribution in [0, 0.1) is 0 Å². The van der Waals surface area contributed by atoms with Gasteiger partial charge in [-0.3, -0.25) is 4.79 Å². The molecule has 0 radical (unpaired) electrons. The fraction of sp³-hybridized carbons (Fsp3) is 0.429. The summed E-state index contributed by atoms with van der Waals surface area (Å²) in [6.07, 6.45) is -5.31. The fourth-order valence-electron chi connectivity index (χ4n) is 2.01. The lowest BCUT2D eigenvalue weighted by molar-refractivity contribution is -0.0677. The Labute approximate surface area is 135 Å². The smallest absolute Gasteiger partial charge is 0.304 e. The van der Waals surface area contributed by atoms with Crippen molar-refractivity contribution in [3.05, 3.63) is 23.8 Å². The Balaban J connectivity index is 2.29. The molecule has 1 aromatic rings. The summed E-state index contributed by atoms with van der Waals surface area (Å²) in [5, 5.41) is 3.64. The Hall–Kier alpha value is -1.90. The second-order valence-corrected chi connectivity index (χ2v) is 5.76. The molecule has 0 bridgehead atoms. The number of thioether (sulfide) groups is 1. The molecule has 1 amide bonds. The van der Waals surface area contributed by atoms with Gasteiger partial charge in [-0.15, -0.1) is 0 Å². The molecule has 5 nitrogen and oxygen atoms in total. The first kappa shape index (κ1) is 17.5. The number of nitrogens with one attached hydrogen (secondary N) is 1. The van der Waals surface area contributed by atoms with Crippen LogP contribution in [0.1, 0.15) is 18.9 Å². The summed E-state index contributed by atoms with van der Waals surface area (Å²) < 4.78 is 47.2. The van der Waals surface area contributed by atoms with Gasteiger partial charge in [0.15, 0.2) is 11.5 Å². The maximum absolute atomic E-state index is 13.0. The molecular weight excluding hydrogens is 333 g/mol. The number of methoxy groups -OCH3 is 1. The zero-order valence-corrected chi connectivity index (χ0v) is 13.2. The SMILES string of the molecule is CCC1SC(=O)NN=C1c1ccc(OC(F)C(F)F)c(OC)c1. The summed E-state index contributed by atoms with van der Waals surface area (Å²) in [5.74, 6) is -0.0320. The first-order valence-corrected chi connectivity index (χ1v) is 7.65. The number of rotatable bonds is 6. The van der Waals surface area contributed by atoms with E-state index in [-0.39, 0.29) is 22.0 Å². The van der Waals surface area contributed by atoms with Gasteiger partial charge in [0.05, 0.1) is 18.1 Å². The molecule has 1 N–H and O–H groups in total. The number of hydrazone groups is 1. The van der Waals surface area contributed by atoms with E-state index in [0.29, 0.717) is 17.7 Å². The van der Waals surface area contributed by atoms with Crippen LogP contribution >= 0.6 is 11.8 Å². The number of nitrogens with zero attached hydrogens (tertiary/aromatic N) is 1. The monoisotopic (exact) mass is 348 g/mol. The molecule has 2 atom stereocenters. The average Bonchev–Trinajstić information content (AvgIpc) is 2.55. The number of carbonyl (C=O) groups is 1. The van der Waals surface area contributed by atoms with Crippen LogP contribution < -0.4 is 14.9 Å². The van der Waals surface area contributed by atoms with Crippen molar-refractivity contribution in [3.63, 3.8) is 0 Å². The summed E-state index contributed by atoms with van der Waals surface area (Å²) in [5.41, 5.74) is 3.62. The molecule has 1 aliphatic heterocycles. The van der Waals surface area contributed by atoms with Crippen LogP contribution in [0.15, 0.2) is 23.3 Å². The number of benzene rings is 1. The fourth-order valence-corrected chi connectivity index (χ4v) is 2.84. The molecule has 0 spiro atoms. The third-order valence-electron chi connectivity index (χ3n) is 3.09. The van der Waals surface area contributed by atoms with Crippen LogP contribution in [0.4, 0.5) is 18.0 Å². The van der Waals surface area contributed by atoms with Crippen LogP contribution in [-0.4, -0.2) is 36.1 Å². The number of halogens is 3. The van der Waals surface area contributed by atoms with Crippen molar-refractivity contribution < 1.29 is 27.4 Å². The quantitative estimate of drug-likeness (QED) is 0.854. The Bertz CT molecular complexity index is 613. The van der Waals surface area contributed by atoms with Crippen LogP contribution in [0.2, 0.25) is 0 Å². The first-order valence-electron chi connectivity index (χ1n) is 6.77. The number of hydrogen-bond donors (Lipinski definition) is 1. The molecule has 1 aliphatic rings. The lowest BCUT2D eigenvalue weighted by atomic mass is 10.0. The molecule has 2 unspecified atom stereocenters. The predicted octanol–water partition coefficient (Wildman–Crippen LogP) is 3.57. The Morgan fingerprint density at radius 1 is 1.35 bits per heavy atom. The Morgan fingerprint density at radius 2 is 2.09 bits per heavy atom. The number of ether oxygens (including phenoxy) is 2. The van der Waals surface area contributed by atoms with Crippen molar-refractivity contribution in [2.75, 3.05) is 7.11 Å². The van der Waals surface area contributed by atoms with Gasteiger partial charge in [0.2, 0.25) is 0 Å². The molecule has 0 aliphatic carbocycles. The van der Waals surface area contributed by atoms with Crippen molar-refractivity contribution in [2.45, 2.75) is 31.4 Å². The lowest BCUT2D eigenvalue weighted by Gasteiger charge is -2.21. The summed E-state index contributed by atoms with van der Waals surface area (Å²) in [7, 11) is 1.32. The Morgan fingerprint density at radius 3 is 2.70 bits per heavy atom. The topological polar surface area (TPSA) is 59.9 Å². The molecule has 1 aromatic carbocycles. The average molecular weight is 348 g/mol. The van der Waals surface area contributed by atoms with Gasteiger partial charge in [0.25, 0.3) is 11.6 Å². The van der Waals surface area contributed by atoms with Gasteiger partial charge in [-0.25, -0.2) is 14.2 Å². The zero-order valence-electron chi connectivity index (χ0n) is 12.4. The molecule has 1 heterocycles. The molecule has 2 rings (SSSR count). The van der Waals surface area contributed by atoms with E-state index in [9.17, 15) is 18.0 Å². The number of hydrogen-bond acceptors (Lipinski definition) is 5. The number of amides is 1. The van der Waals surface area contributed by atoms with Crippen molar-refractivity contribution in [1.29, 1.82) is 0 Å². The van der Waals surface area contributed by atoms with E-state index >= 15 is 0 Å². The zero-order chi connectivity index (χ0) is 17.0. The molecule has 0 saturated carbocycles. The van der Waals surface area contributed by atoms with Gasteiger partial charge in [0.1, 0.15) is 0 Å². The minimum absolute atomic E-state index is 0.102. The highest BCUT2D eigenvalue weighted by atomic mass is 32.2. The lowest BCUT2D eigenvalue weighted by Crippen LogP contribution is -2.31. The summed E-state index contributed by atoms with van der Waals surface area (Å²) in [6.45, 7) is 1.91. The van der Waals surface area contributed by atoms with Crippen LogP contribution in [0.5, 0.6) is 11.5 Å². The maximum Gasteiger partial charge on any atom is 0.304 e. The van der Waals surface area contributed by atoms with Crippen molar-refractivity contribution >= 4 is 22.7 Å². The van der Waals surface area contributed by atoms with Crippen LogP contribution in [0.3, 0.4) is 0 Å². The van der Waals surface area contributed by atoms with Gasteiger partial charge in [-0.1, -0.05) is 18.7 Å². The molecule has 9 heteroatoms. The maximum atomic E-state index is 13.0. The normalized spacial score (nSPS) is 19.1. The highest BCUT2D eigenvalue weighted by Crippen LogP contribution is 2.32. The standard InChI is InChI=1S/C14H15F3N2O3S/c1-3-10-11(18-19-14(20)23-10)7-4-5-8(9(6-7)21-2)22-13(17)12(15)16/h4-6,10,12-13H,3H2,1-2H3,(H,19,20). The third kappa shape index (κ3) is 4.10. The van der Waals surface area contributed by atoms with Gasteiger partial charge in [-0.05, 0) is 24.6 Å². The summed E-state index contributed by atoms with van der Waals surface area (Å²) >= 11 is 1.11. The molecular formula is C14H15F3N2O3S. The molecule has 0 fully saturated rings. The predicted molar refractivity (Wildman–Crippen MR) is 81.3 cm³/mol. The van der Waals surface area contributed by atoms with E-state index in [2.05, 4.69) is 15.3 Å². The minimum Gasteiger partial charge on any atom is -0.493 e. The molecule has 0 saturated heterocycles. The number of carbonyl (C=O) groups excluding carboxylic acids is 1. The second kappa shape index (κ2) is 7.58. The van der Waals surface area contributed by atoms with E-state index in [0.717, 1.165) is 11.8 Å². The molecule has 0 aromatic heterocycles. The summed E-state index contributed by atoms with van der Waals surface area (Å²) in [4.78, 5) is 11.4. The largest absolute Gasteiger partial charge is 0.493 e. The van der Waals surface area contributed by atoms with Gasteiger partial charge in [0, 0.05) is 5.56 Å². The van der Waals surface area contributed by atoms with Gasteiger partial charge in [-0.2, -0.15) is 9.49 Å². The highest BCUT2D eigenvalue weighted by molar-refractivity contribution is 8.14. The third-order valence-corrected chi connectivity index (χ3v) is 4.24. The highest BCUT2D eigenvalue weighted by Gasteiger charge is 2.27. The van der Waals surface area contributed by atoms with Crippen molar-refractivity contribution in [2.24, 2.45) is 5.10 Å². The first-order chi connectivity index (χ1) is 11.0. The second-order valence-electron chi connectivity index (χ2n) is 4.58. The van der Waals surface area contributed by atoms with Crippen LogP contribution in [0.25, 0.3) is 0 Å².